The van der Waals surface area contributed by atoms with Crippen molar-refractivity contribution >= 4 is 16.8 Å². The van der Waals surface area contributed by atoms with Gasteiger partial charge in [-0.25, -0.2) is 9.37 Å². The summed E-state index contributed by atoms with van der Waals surface area (Å²) in [5, 5.41) is 0.505. The minimum atomic E-state index is -0.573. The fraction of sp³-hybridized carbons (Fsp3) is 0.300. The lowest BCUT2D eigenvalue weighted by Gasteiger charge is -2.31. The Kier molecular flexibility index (Phi) is 7.93. The molecule has 36 heavy (non-hydrogen) atoms. The molecule has 4 aromatic rings. The van der Waals surface area contributed by atoms with Crippen LogP contribution in [0.25, 0.3) is 16.6 Å². The van der Waals surface area contributed by atoms with Crippen LogP contribution in [0, 0.1) is 12.7 Å². The molecule has 1 heterocycles. The van der Waals surface area contributed by atoms with Gasteiger partial charge in [-0.3, -0.25) is 14.2 Å². The van der Waals surface area contributed by atoms with Gasteiger partial charge < -0.3 is 4.90 Å². The van der Waals surface area contributed by atoms with Gasteiger partial charge in [-0.1, -0.05) is 62.6 Å². The standard InChI is InChI=1S/C30H32FN3O2/c1-4-5-6-11-19-33(29(35)24-15-7-9-17-26(24)31)22(3)28-32-27-18-10-8-16-25(27)30(36)34(28)23-14-12-13-21(2)20-23/h7-10,12-18,20,22H,4-6,11,19H2,1-3H3. The monoisotopic (exact) mass is 485 g/mol. The van der Waals surface area contributed by atoms with Crippen LogP contribution in [0.3, 0.4) is 0 Å². The van der Waals surface area contributed by atoms with Crippen LogP contribution < -0.4 is 5.56 Å². The number of amides is 1. The molecule has 1 aromatic heterocycles. The molecule has 0 fully saturated rings. The van der Waals surface area contributed by atoms with Crippen LogP contribution in [0.5, 0.6) is 0 Å². The molecule has 3 aromatic carbocycles. The summed E-state index contributed by atoms with van der Waals surface area (Å²) < 4.78 is 16.2. The van der Waals surface area contributed by atoms with Crippen molar-refractivity contribution in [2.75, 3.05) is 6.54 Å². The summed E-state index contributed by atoms with van der Waals surface area (Å²) in [5.41, 5.74) is 2.08. The number of unbranched alkanes of at least 4 members (excludes halogenated alkanes) is 3. The summed E-state index contributed by atoms with van der Waals surface area (Å²) >= 11 is 0. The Morgan fingerprint density at radius 1 is 1.00 bits per heavy atom. The van der Waals surface area contributed by atoms with Crippen molar-refractivity contribution in [3.8, 4) is 5.69 Å². The predicted octanol–water partition coefficient (Wildman–Crippen LogP) is 6.62. The third-order valence-corrected chi connectivity index (χ3v) is 6.52. The zero-order valence-electron chi connectivity index (χ0n) is 21.1. The molecule has 0 aliphatic carbocycles. The quantitative estimate of drug-likeness (QED) is 0.251. The normalized spacial score (nSPS) is 12.0. The van der Waals surface area contributed by atoms with Gasteiger partial charge in [-0.05, 0) is 62.2 Å². The van der Waals surface area contributed by atoms with Gasteiger partial charge in [0.25, 0.3) is 11.5 Å². The van der Waals surface area contributed by atoms with Crippen LogP contribution in [0.2, 0.25) is 0 Å². The van der Waals surface area contributed by atoms with Gasteiger partial charge in [0.2, 0.25) is 0 Å². The summed E-state index contributed by atoms with van der Waals surface area (Å²) in [7, 11) is 0. The molecule has 1 unspecified atom stereocenters. The zero-order chi connectivity index (χ0) is 25.7. The number of fused-ring (bicyclic) bond motifs is 1. The van der Waals surface area contributed by atoms with Crippen molar-refractivity contribution in [2.24, 2.45) is 0 Å². The first-order valence-corrected chi connectivity index (χ1v) is 12.6. The Balaban J connectivity index is 1.87. The lowest BCUT2D eigenvalue weighted by Crippen LogP contribution is -2.38. The van der Waals surface area contributed by atoms with Crippen LogP contribution in [-0.4, -0.2) is 26.9 Å². The molecule has 0 saturated carbocycles. The SMILES string of the molecule is CCCCCCN(C(=O)c1ccccc1F)C(C)c1nc2ccccc2c(=O)n1-c1cccc(C)c1. The van der Waals surface area contributed by atoms with E-state index in [1.54, 1.807) is 33.7 Å². The lowest BCUT2D eigenvalue weighted by molar-refractivity contribution is 0.0672. The van der Waals surface area contributed by atoms with Crippen molar-refractivity contribution in [3.63, 3.8) is 0 Å². The molecule has 186 valence electrons. The van der Waals surface area contributed by atoms with Crippen LogP contribution in [0.15, 0.2) is 77.6 Å². The van der Waals surface area contributed by atoms with Gasteiger partial charge in [0, 0.05) is 6.54 Å². The Hall–Kier alpha value is -3.80. The molecule has 0 N–H and O–H groups in total. The van der Waals surface area contributed by atoms with E-state index in [2.05, 4.69) is 6.92 Å². The van der Waals surface area contributed by atoms with Gasteiger partial charge in [0.05, 0.1) is 28.2 Å². The first kappa shape index (κ1) is 25.3. The summed E-state index contributed by atoms with van der Waals surface area (Å²) in [6.07, 6.45) is 3.86. The summed E-state index contributed by atoms with van der Waals surface area (Å²) in [6, 6.07) is 20.3. The van der Waals surface area contributed by atoms with E-state index in [-0.39, 0.29) is 11.1 Å². The lowest BCUT2D eigenvalue weighted by atomic mass is 10.1. The largest absolute Gasteiger partial charge is 0.329 e. The third kappa shape index (κ3) is 5.23. The van der Waals surface area contributed by atoms with E-state index in [4.69, 9.17) is 4.98 Å². The molecule has 0 bridgehead atoms. The minimum Gasteiger partial charge on any atom is -0.329 e. The highest BCUT2D eigenvalue weighted by atomic mass is 19.1. The molecule has 1 amide bonds. The Labute approximate surface area is 211 Å². The number of aryl methyl sites for hydroxylation is 1. The Morgan fingerprint density at radius 2 is 1.75 bits per heavy atom. The van der Waals surface area contributed by atoms with Gasteiger partial charge in [-0.15, -0.1) is 0 Å². The minimum absolute atomic E-state index is 0.0186. The number of nitrogens with zero attached hydrogens (tertiary/aromatic N) is 3. The predicted molar refractivity (Wildman–Crippen MR) is 142 cm³/mol. The Bertz CT molecular complexity index is 1430. The number of carbonyl (C=O) groups is 1. The fourth-order valence-corrected chi connectivity index (χ4v) is 4.56. The topological polar surface area (TPSA) is 55.2 Å². The number of carbonyl (C=O) groups excluding carboxylic acids is 1. The molecule has 1 atom stereocenters. The van der Waals surface area contributed by atoms with Crippen molar-refractivity contribution < 1.29 is 9.18 Å². The number of aromatic nitrogens is 2. The maximum atomic E-state index is 14.7. The van der Waals surface area contributed by atoms with Crippen molar-refractivity contribution in [2.45, 2.75) is 52.5 Å². The van der Waals surface area contributed by atoms with E-state index in [1.807, 2.05) is 50.2 Å². The second-order valence-electron chi connectivity index (χ2n) is 9.18. The van der Waals surface area contributed by atoms with E-state index >= 15 is 0 Å². The summed E-state index contributed by atoms with van der Waals surface area (Å²) in [4.78, 5) is 33.9. The third-order valence-electron chi connectivity index (χ3n) is 6.52. The average Bonchev–Trinajstić information content (AvgIpc) is 2.88. The number of hydrogen-bond acceptors (Lipinski definition) is 3. The first-order valence-electron chi connectivity index (χ1n) is 12.6. The van der Waals surface area contributed by atoms with Crippen LogP contribution >= 0.6 is 0 Å². The highest BCUT2D eigenvalue weighted by Crippen LogP contribution is 2.26. The molecule has 0 spiro atoms. The smallest absolute Gasteiger partial charge is 0.266 e. The summed E-state index contributed by atoms with van der Waals surface area (Å²) in [6.45, 7) is 6.39. The zero-order valence-corrected chi connectivity index (χ0v) is 21.1. The van der Waals surface area contributed by atoms with Gasteiger partial charge in [0.15, 0.2) is 0 Å². The average molecular weight is 486 g/mol. The van der Waals surface area contributed by atoms with Crippen molar-refractivity contribution in [1.82, 2.24) is 14.5 Å². The second kappa shape index (κ2) is 11.3. The van der Waals surface area contributed by atoms with Crippen molar-refractivity contribution in [3.05, 3.63) is 106 Å². The summed E-state index contributed by atoms with van der Waals surface area (Å²) in [5.74, 6) is -0.518. The van der Waals surface area contributed by atoms with Crippen molar-refractivity contribution in [1.29, 1.82) is 0 Å². The molecule has 4 rings (SSSR count). The second-order valence-corrected chi connectivity index (χ2v) is 9.18. The molecule has 6 heteroatoms. The highest BCUT2D eigenvalue weighted by Gasteiger charge is 2.28. The van der Waals surface area contributed by atoms with E-state index < -0.39 is 17.8 Å². The Morgan fingerprint density at radius 3 is 2.50 bits per heavy atom. The van der Waals surface area contributed by atoms with E-state index in [0.717, 1.165) is 31.2 Å². The molecule has 0 aliphatic heterocycles. The fourth-order valence-electron chi connectivity index (χ4n) is 4.56. The van der Waals surface area contributed by atoms with E-state index in [0.29, 0.717) is 29.0 Å². The maximum absolute atomic E-state index is 14.7. The highest BCUT2D eigenvalue weighted by molar-refractivity contribution is 5.94. The number of para-hydroxylation sites is 1. The van der Waals surface area contributed by atoms with Gasteiger partial charge in [0.1, 0.15) is 11.6 Å². The van der Waals surface area contributed by atoms with E-state index in [9.17, 15) is 14.0 Å². The maximum Gasteiger partial charge on any atom is 0.266 e. The molecule has 0 radical (unpaired) electrons. The number of rotatable bonds is 9. The molecule has 0 saturated heterocycles. The molecular weight excluding hydrogens is 453 g/mol. The van der Waals surface area contributed by atoms with Crippen LogP contribution in [0.4, 0.5) is 4.39 Å². The number of halogens is 1. The first-order chi connectivity index (χ1) is 17.4. The number of hydrogen-bond donors (Lipinski definition) is 0. The molecular formula is C30H32FN3O2. The van der Waals surface area contributed by atoms with Crippen LogP contribution in [-0.2, 0) is 0 Å². The van der Waals surface area contributed by atoms with Gasteiger partial charge >= 0.3 is 0 Å². The molecule has 5 nitrogen and oxygen atoms in total. The number of benzene rings is 3. The van der Waals surface area contributed by atoms with Crippen LogP contribution in [0.1, 0.15) is 67.3 Å². The van der Waals surface area contributed by atoms with Gasteiger partial charge in [-0.2, -0.15) is 0 Å². The van der Waals surface area contributed by atoms with E-state index in [1.165, 1.54) is 12.1 Å². The molecule has 0 aliphatic rings.